The van der Waals surface area contributed by atoms with Crippen LogP contribution in [-0.2, 0) is 0 Å². The lowest BCUT2D eigenvalue weighted by atomic mass is 10.3. The lowest BCUT2D eigenvalue weighted by Crippen LogP contribution is -2.32. The fourth-order valence-electron chi connectivity index (χ4n) is 0.897. The molecule has 0 aromatic carbocycles. The zero-order valence-corrected chi connectivity index (χ0v) is 5.91. The van der Waals surface area contributed by atoms with Crippen molar-refractivity contribution in [1.29, 1.82) is 5.26 Å². The lowest BCUT2D eigenvalue weighted by Gasteiger charge is -2.14. The minimum atomic E-state index is 0.0926. The minimum Gasteiger partial charge on any atom is -0.285 e. The van der Waals surface area contributed by atoms with Gasteiger partial charge in [0.25, 0.3) is 0 Å². The first-order valence-electron chi connectivity index (χ1n) is 3.35. The summed E-state index contributed by atoms with van der Waals surface area (Å²) in [5.74, 6) is 0. The van der Waals surface area contributed by atoms with Crippen molar-refractivity contribution < 1.29 is 0 Å². The van der Waals surface area contributed by atoms with E-state index in [0.717, 1.165) is 12.8 Å². The van der Waals surface area contributed by atoms with Gasteiger partial charge in [-0.15, -0.1) is 0 Å². The zero-order chi connectivity index (χ0) is 7.40. The molecule has 54 valence electrons. The summed E-state index contributed by atoms with van der Waals surface area (Å²) in [7, 11) is 0. The molecule has 1 atom stereocenters. The number of rotatable bonds is 2. The quantitative estimate of drug-likeness (QED) is 0.563. The molecule has 4 heteroatoms. The van der Waals surface area contributed by atoms with Gasteiger partial charge in [0.1, 0.15) is 12.5 Å². The second kappa shape index (κ2) is 3.06. The normalized spacial score (nSPS) is 22.4. The molecule has 0 aromatic rings. The Balaban J connectivity index is 2.42. The first kappa shape index (κ1) is 6.87. The summed E-state index contributed by atoms with van der Waals surface area (Å²) in [4.78, 5) is 1.52. The summed E-state index contributed by atoms with van der Waals surface area (Å²) in [5, 5.41) is 12.3. The number of hydrogen-bond donors (Lipinski definition) is 1. The maximum absolute atomic E-state index is 8.51. The number of nitrogens with one attached hydrogen (secondary N) is 1. The minimum absolute atomic E-state index is 0.0926. The van der Waals surface area contributed by atoms with Gasteiger partial charge in [0.05, 0.1) is 0 Å². The van der Waals surface area contributed by atoms with Gasteiger partial charge >= 0.3 is 0 Å². The van der Waals surface area contributed by atoms with Crippen LogP contribution < -0.4 is 5.43 Å². The summed E-state index contributed by atoms with van der Waals surface area (Å²) in [6.45, 7) is 2.08. The maximum atomic E-state index is 8.51. The molecule has 0 fully saturated rings. The van der Waals surface area contributed by atoms with Crippen LogP contribution in [0.15, 0.2) is 5.10 Å². The van der Waals surface area contributed by atoms with Gasteiger partial charge in [-0.1, -0.05) is 13.3 Å². The monoisotopic (exact) mass is 138 g/mol. The van der Waals surface area contributed by atoms with E-state index in [1.165, 1.54) is 11.2 Å². The Morgan fingerprint density at radius 2 is 2.70 bits per heavy atom. The van der Waals surface area contributed by atoms with E-state index in [9.17, 15) is 0 Å². The Bertz CT molecular complexity index is 169. The molecule has 0 amide bonds. The summed E-state index contributed by atoms with van der Waals surface area (Å²) in [6, 6.07) is 0. The molecular formula is C6H10N4. The summed E-state index contributed by atoms with van der Waals surface area (Å²) in [5.41, 5.74) is 2.83. The molecule has 1 unspecified atom stereocenters. The van der Waals surface area contributed by atoms with Crippen molar-refractivity contribution >= 4 is 6.34 Å². The third-order valence-corrected chi connectivity index (χ3v) is 1.42. The van der Waals surface area contributed by atoms with E-state index >= 15 is 0 Å². The second-order valence-electron chi connectivity index (χ2n) is 2.19. The first-order valence-corrected chi connectivity index (χ1v) is 3.35. The lowest BCUT2D eigenvalue weighted by molar-refractivity contribution is 0.367. The number of hydrogen-bond acceptors (Lipinski definition) is 4. The molecule has 1 aliphatic rings. The highest BCUT2D eigenvalue weighted by Gasteiger charge is 2.17. The van der Waals surface area contributed by atoms with E-state index in [0.29, 0.717) is 0 Å². The van der Waals surface area contributed by atoms with Crippen LogP contribution in [0.1, 0.15) is 19.8 Å². The number of nitrogens with zero attached hydrogens (tertiary/aromatic N) is 3. The van der Waals surface area contributed by atoms with Gasteiger partial charge in [0, 0.05) is 0 Å². The van der Waals surface area contributed by atoms with Gasteiger partial charge in [-0.3, -0.25) is 5.43 Å². The number of hydrazone groups is 1. The highest BCUT2D eigenvalue weighted by atomic mass is 15.5. The molecule has 0 bridgehead atoms. The van der Waals surface area contributed by atoms with Crippen LogP contribution in [-0.4, -0.2) is 17.4 Å². The average molecular weight is 138 g/mol. The summed E-state index contributed by atoms with van der Waals surface area (Å²) >= 11 is 0. The molecule has 1 rings (SSSR count). The van der Waals surface area contributed by atoms with Crippen LogP contribution >= 0.6 is 0 Å². The van der Waals surface area contributed by atoms with Crippen molar-refractivity contribution in [2.24, 2.45) is 5.10 Å². The van der Waals surface area contributed by atoms with E-state index in [4.69, 9.17) is 5.26 Å². The van der Waals surface area contributed by atoms with Crippen LogP contribution in [0.3, 0.4) is 0 Å². The van der Waals surface area contributed by atoms with Crippen molar-refractivity contribution in [2.45, 2.75) is 25.9 Å². The van der Waals surface area contributed by atoms with E-state index < -0.39 is 0 Å². The van der Waals surface area contributed by atoms with Gasteiger partial charge in [-0.2, -0.15) is 10.4 Å². The topological polar surface area (TPSA) is 51.4 Å². The largest absolute Gasteiger partial charge is 0.285 e. The molecule has 0 aliphatic carbocycles. The van der Waals surface area contributed by atoms with Crippen LogP contribution in [0.4, 0.5) is 0 Å². The Morgan fingerprint density at radius 1 is 1.90 bits per heavy atom. The van der Waals surface area contributed by atoms with Crippen LogP contribution in [0.25, 0.3) is 0 Å². The maximum Gasteiger partial charge on any atom is 0.187 e. The molecule has 1 N–H and O–H groups in total. The van der Waals surface area contributed by atoms with Crippen molar-refractivity contribution in [3.63, 3.8) is 0 Å². The molecule has 0 saturated heterocycles. The van der Waals surface area contributed by atoms with Gasteiger partial charge in [-0.05, 0) is 6.42 Å². The van der Waals surface area contributed by atoms with Crippen molar-refractivity contribution in [3.05, 3.63) is 0 Å². The van der Waals surface area contributed by atoms with Crippen molar-refractivity contribution in [2.75, 3.05) is 0 Å². The fourth-order valence-corrected chi connectivity index (χ4v) is 0.897. The van der Waals surface area contributed by atoms with E-state index in [-0.39, 0.29) is 6.17 Å². The van der Waals surface area contributed by atoms with Gasteiger partial charge in [-0.25, -0.2) is 4.90 Å². The third-order valence-electron chi connectivity index (χ3n) is 1.42. The first-order chi connectivity index (χ1) is 4.88. The van der Waals surface area contributed by atoms with Crippen LogP contribution in [0.2, 0.25) is 0 Å². The van der Waals surface area contributed by atoms with E-state index in [1.807, 2.05) is 6.19 Å². The Labute approximate surface area is 60.1 Å². The van der Waals surface area contributed by atoms with Crippen molar-refractivity contribution in [3.8, 4) is 6.19 Å². The van der Waals surface area contributed by atoms with Crippen LogP contribution in [0.5, 0.6) is 0 Å². The SMILES string of the molecule is CCCC1NN=CN1C#N. The van der Waals surface area contributed by atoms with Gasteiger partial charge in [0.15, 0.2) is 6.19 Å². The standard InChI is InChI=1S/C6H10N4/c1-2-3-6-9-8-5-10(6)4-7/h5-6,9H,2-3H2,1H3. The number of nitriles is 1. The predicted octanol–water partition coefficient (Wildman–Crippen LogP) is 0.442. The molecule has 0 radical (unpaired) electrons. The zero-order valence-electron chi connectivity index (χ0n) is 5.91. The Hall–Kier alpha value is -1.24. The molecule has 4 nitrogen and oxygen atoms in total. The molecule has 0 saturated carbocycles. The van der Waals surface area contributed by atoms with Crippen LogP contribution in [0, 0.1) is 11.5 Å². The second-order valence-corrected chi connectivity index (χ2v) is 2.19. The third kappa shape index (κ3) is 1.18. The molecule has 10 heavy (non-hydrogen) atoms. The van der Waals surface area contributed by atoms with E-state index in [1.54, 1.807) is 0 Å². The molecule has 1 heterocycles. The highest BCUT2D eigenvalue weighted by Crippen LogP contribution is 2.04. The molecule has 0 aromatic heterocycles. The van der Waals surface area contributed by atoms with Gasteiger partial charge < -0.3 is 0 Å². The molecule has 1 aliphatic heterocycles. The van der Waals surface area contributed by atoms with Crippen molar-refractivity contribution in [1.82, 2.24) is 10.3 Å². The van der Waals surface area contributed by atoms with Gasteiger partial charge in [0.2, 0.25) is 0 Å². The summed E-state index contributed by atoms with van der Waals surface area (Å²) in [6.07, 6.45) is 5.63. The molecule has 0 spiro atoms. The Kier molecular flexibility index (Phi) is 2.11. The smallest absolute Gasteiger partial charge is 0.187 e. The summed E-state index contributed by atoms with van der Waals surface area (Å²) < 4.78 is 0. The molecular weight excluding hydrogens is 128 g/mol. The predicted molar refractivity (Wildman–Crippen MR) is 37.8 cm³/mol. The van der Waals surface area contributed by atoms with E-state index in [2.05, 4.69) is 17.5 Å². The average Bonchev–Trinajstić information content (AvgIpc) is 2.36. The highest BCUT2D eigenvalue weighted by molar-refractivity contribution is 5.59. The fraction of sp³-hybridized carbons (Fsp3) is 0.667. The Morgan fingerprint density at radius 3 is 3.30 bits per heavy atom.